The molecule has 3 aliphatic rings. The van der Waals surface area contributed by atoms with E-state index in [1.54, 1.807) is 16.0 Å². The predicted molar refractivity (Wildman–Crippen MR) is 138 cm³/mol. The molecular formula is C26H29N5O4S. The first-order valence-electron chi connectivity index (χ1n) is 12.0. The largest absolute Gasteiger partial charge is 0.491 e. The van der Waals surface area contributed by atoms with Crippen molar-refractivity contribution in [1.82, 2.24) is 20.5 Å². The number of nitrogens with one attached hydrogen (secondary N) is 2. The highest BCUT2D eigenvalue weighted by atomic mass is 32.2. The Labute approximate surface area is 214 Å². The summed E-state index contributed by atoms with van der Waals surface area (Å²) in [4.78, 5) is 46.4. The Kier molecular flexibility index (Phi) is 6.38. The van der Waals surface area contributed by atoms with Crippen LogP contribution in [0.4, 0.5) is 16.2 Å². The molecule has 4 heterocycles. The van der Waals surface area contributed by atoms with Crippen LogP contribution in [0, 0.1) is 6.92 Å². The number of hydrogen-bond acceptors (Lipinski definition) is 6. The molecule has 10 heteroatoms. The molecule has 2 unspecified atom stereocenters. The second kappa shape index (κ2) is 9.50. The summed E-state index contributed by atoms with van der Waals surface area (Å²) in [6.45, 7) is 10.4. The second-order valence-corrected chi connectivity index (χ2v) is 10.6. The van der Waals surface area contributed by atoms with Gasteiger partial charge in [-0.25, -0.2) is 9.78 Å². The molecule has 1 aromatic heterocycles. The summed E-state index contributed by atoms with van der Waals surface area (Å²) in [6.07, 6.45) is 3.69. The van der Waals surface area contributed by atoms with E-state index >= 15 is 0 Å². The Morgan fingerprint density at radius 1 is 1.31 bits per heavy atom. The number of pyridine rings is 1. The third kappa shape index (κ3) is 4.30. The number of hydrogen-bond donors (Lipinski definition) is 2. The van der Waals surface area contributed by atoms with Gasteiger partial charge in [-0.05, 0) is 63.1 Å². The van der Waals surface area contributed by atoms with Crippen molar-refractivity contribution < 1.29 is 19.1 Å². The van der Waals surface area contributed by atoms with E-state index in [0.29, 0.717) is 19.5 Å². The number of amides is 4. The van der Waals surface area contributed by atoms with Crippen LogP contribution < -0.4 is 20.3 Å². The predicted octanol–water partition coefficient (Wildman–Crippen LogP) is 3.46. The van der Waals surface area contributed by atoms with E-state index in [1.807, 2.05) is 45.0 Å². The summed E-state index contributed by atoms with van der Waals surface area (Å²) in [5.74, 6) is 0.433. The molecule has 0 radical (unpaired) electrons. The normalized spacial score (nSPS) is 22.3. The fourth-order valence-corrected chi connectivity index (χ4v) is 6.22. The molecule has 2 N–H and O–H groups in total. The molecule has 3 aliphatic heterocycles. The smallest absolute Gasteiger partial charge is 0.327 e. The number of carbonyl (C=O) groups excluding carboxylic acids is 3. The number of thioether (sulfide) groups is 1. The number of urea groups is 1. The van der Waals surface area contributed by atoms with Gasteiger partial charge in [0.1, 0.15) is 16.0 Å². The number of anilines is 2. The molecule has 0 bridgehead atoms. The lowest BCUT2D eigenvalue weighted by atomic mass is 9.99. The molecule has 36 heavy (non-hydrogen) atoms. The average Bonchev–Trinajstić information content (AvgIpc) is 3.45. The van der Waals surface area contributed by atoms with Gasteiger partial charge in [-0.15, -0.1) is 0 Å². The molecule has 3 atom stereocenters. The molecule has 9 nitrogen and oxygen atoms in total. The summed E-state index contributed by atoms with van der Waals surface area (Å²) in [5, 5.41) is 6.29. The zero-order valence-corrected chi connectivity index (χ0v) is 21.3. The van der Waals surface area contributed by atoms with Crippen LogP contribution in [0.2, 0.25) is 0 Å². The number of likely N-dealkylation sites (tertiary alicyclic amines) is 1. The molecule has 0 spiro atoms. The summed E-state index contributed by atoms with van der Waals surface area (Å²) in [7, 11) is 0. The summed E-state index contributed by atoms with van der Waals surface area (Å²) >= 11 is 1.36. The molecular weight excluding hydrogens is 478 g/mol. The van der Waals surface area contributed by atoms with Gasteiger partial charge in [-0.3, -0.25) is 14.5 Å². The Balaban J connectivity index is 1.38. The van der Waals surface area contributed by atoms with Crippen molar-refractivity contribution in [2.75, 3.05) is 18.0 Å². The minimum absolute atomic E-state index is 0.0487. The van der Waals surface area contributed by atoms with E-state index in [9.17, 15) is 14.4 Å². The first-order chi connectivity index (χ1) is 17.3. The van der Waals surface area contributed by atoms with Gasteiger partial charge in [-0.1, -0.05) is 18.3 Å². The lowest BCUT2D eigenvalue weighted by Crippen LogP contribution is -2.50. The standard InChI is InChI=1S/C26H29N5O4S/c1-5-20(32)30-11-9-16(13-30)28-24(33)23-22-21-19(8-10-27-25(21)36-23)31(26(34)29-22)18-7-6-17(12-15(18)4)35-14(2)3/h5-8,10,12,14,16,22-23H,1,9,11,13H2,2-4H3,(H,28,33)(H,29,34)/t16?,22?,23-/m1/s1. The van der Waals surface area contributed by atoms with Crippen molar-refractivity contribution in [2.24, 2.45) is 0 Å². The summed E-state index contributed by atoms with van der Waals surface area (Å²) in [5.41, 5.74) is 3.21. The van der Waals surface area contributed by atoms with Gasteiger partial charge < -0.3 is 20.3 Å². The monoisotopic (exact) mass is 507 g/mol. The number of rotatable bonds is 6. The molecule has 4 amide bonds. The fourth-order valence-electron chi connectivity index (χ4n) is 4.98. The Morgan fingerprint density at radius 3 is 2.83 bits per heavy atom. The van der Waals surface area contributed by atoms with Gasteiger partial charge in [0.25, 0.3) is 0 Å². The Bertz CT molecular complexity index is 1250. The minimum atomic E-state index is -0.549. The molecule has 188 valence electrons. The molecule has 0 aliphatic carbocycles. The Morgan fingerprint density at radius 2 is 2.11 bits per heavy atom. The number of aryl methyl sites for hydroxylation is 1. The zero-order valence-electron chi connectivity index (χ0n) is 20.5. The SMILES string of the molecule is C=CC(=O)N1CCC(NC(=O)[C@@H]2Sc3nccc4c3C2NC(=O)N4c2ccc(OC(C)C)cc2C)C1. The van der Waals surface area contributed by atoms with Crippen LogP contribution in [0.5, 0.6) is 5.75 Å². The van der Waals surface area contributed by atoms with Crippen molar-refractivity contribution >= 4 is 41.0 Å². The third-order valence-electron chi connectivity index (χ3n) is 6.57. The molecule has 1 aromatic carbocycles. The van der Waals surface area contributed by atoms with Crippen LogP contribution in [-0.4, -0.2) is 58.2 Å². The zero-order chi connectivity index (χ0) is 25.6. The van der Waals surface area contributed by atoms with Crippen molar-refractivity contribution in [3.8, 4) is 5.75 Å². The number of benzene rings is 1. The molecule has 0 saturated carbocycles. The van der Waals surface area contributed by atoms with Crippen molar-refractivity contribution in [2.45, 2.75) is 55.7 Å². The quantitative estimate of drug-likeness (QED) is 0.581. The van der Waals surface area contributed by atoms with Crippen molar-refractivity contribution in [1.29, 1.82) is 0 Å². The van der Waals surface area contributed by atoms with E-state index in [2.05, 4.69) is 22.2 Å². The number of nitrogens with zero attached hydrogens (tertiary/aromatic N) is 3. The number of aromatic nitrogens is 1. The summed E-state index contributed by atoms with van der Waals surface area (Å²) < 4.78 is 5.80. The first-order valence-corrected chi connectivity index (χ1v) is 12.9. The number of ether oxygens (including phenoxy) is 1. The van der Waals surface area contributed by atoms with Crippen LogP contribution >= 0.6 is 11.8 Å². The van der Waals surface area contributed by atoms with Crippen LogP contribution in [0.3, 0.4) is 0 Å². The highest BCUT2D eigenvalue weighted by Gasteiger charge is 2.47. The summed E-state index contributed by atoms with van der Waals surface area (Å²) in [6, 6.07) is 6.55. The lowest BCUT2D eigenvalue weighted by molar-refractivity contribution is -0.126. The Hall–Kier alpha value is -3.53. The third-order valence-corrected chi connectivity index (χ3v) is 7.85. The second-order valence-electron chi connectivity index (χ2n) is 9.45. The molecule has 2 aromatic rings. The van der Waals surface area contributed by atoms with Gasteiger partial charge in [-0.2, -0.15) is 0 Å². The van der Waals surface area contributed by atoms with Crippen LogP contribution in [0.15, 0.2) is 48.1 Å². The first kappa shape index (κ1) is 24.2. The molecule has 1 saturated heterocycles. The maximum atomic E-state index is 13.4. The van der Waals surface area contributed by atoms with Gasteiger partial charge in [0.05, 0.1) is 23.5 Å². The lowest BCUT2D eigenvalue weighted by Gasteiger charge is -2.35. The highest BCUT2D eigenvalue weighted by molar-refractivity contribution is 8.01. The van der Waals surface area contributed by atoms with E-state index in [1.165, 1.54) is 17.8 Å². The molecule has 1 fully saturated rings. The van der Waals surface area contributed by atoms with Gasteiger partial charge in [0.15, 0.2) is 0 Å². The average molecular weight is 508 g/mol. The van der Waals surface area contributed by atoms with Gasteiger partial charge in [0.2, 0.25) is 11.8 Å². The van der Waals surface area contributed by atoms with E-state index < -0.39 is 11.3 Å². The molecule has 5 rings (SSSR count). The highest BCUT2D eigenvalue weighted by Crippen LogP contribution is 2.51. The topological polar surface area (TPSA) is 104 Å². The maximum absolute atomic E-state index is 13.4. The van der Waals surface area contributed by atoms with Crippen LogP contribution in [0.1, 0.15) is 37.4 Å². The van der Waals surface area contributed by atoms with Crippen molar-refractivity contribution in [3.05, 3.63) is 54.2 Å². The minimum Gasteiger partial charge on any atom is -0.491 e. The van der Waals surface area contributed by atoms with E-state index in [-0.39, 0.29) is 30.0 Å². The van der Waals surface area contributed by atoms with Crippen molar-refractivity contribution in [3.63, 3.8) is 0 Å². The maximum Gasteiger partial charge on any atom is 0.327 e. The van der Waals surface area contributed by atoms with Gasteiger partial charge in [0, 0.05) is 30.9 Å². The number of carbonyl (C=O) groups is 3. The fraction of sp³-hybridized carbons (Fsp3) is 0.385. The van der Waals surface area contributed by atoms with E-state index in [4.69, 9.17) is 4.74 Å². The van der Waals surface area contributed by atoms with Crippen LogP contribution in [-0.2, 0) is 9.59 Å². The van der Waals surface area contributed by atoms with Gasteiger partial charge >= 0.3 is 6.03 Å². The van der Waals surface area contributed by atoms with Crippen LogP contribution in [0.25, 0.3) is 0 Å². The van der Waals surface area contributed by atoms with E-state index in [0.717, 1.165) is 33.3 Å².